The lowest BCUT2D eigenvalue weighted by Gasteiger charge is -2.26. The zero-order chi connectivity index (χ0) is 13.8. The van der Waals surface area contributed by atoms with Crippen LogP contribution in [0.4, 0.5) is 4.39 Å². The summed E-state index contributed by atoms with van der Waals surface area (Å²) in [4.78, 5) is 0. The molecule has 18 heavy (non-hydrogen) atoms. The number of halogens is 1. The Morgan fingerprint density at radius 2 is 2.00 bits per heavy atom. The first-order valence-corrected chi connectivity index (χ1v) is 6.47. The fourth-order valence-corrected chi connectivity index (χ4v) is 1.87. The molecule has 3 heteroatoms. The summed E-state index contributed by atoms with van der Waals surface area (Å²) in [7, 11) is 0. The molecule has 0 bridgehead atoms. The van der Waals surface area contributed by atoms with Gasteiger partial charge in [-0.2, -0.15) is 0 Å². The van der Waals surface area contributed by atoms with Crippen molar-refractivity contribution in [3.8, 4) is 0 Å². The van der Waals surface area contributed by atoms with Crippen LogP contribution in [0.5, 0.6) is 0 Å². The molecule has 1 unspecified atom stereocenters. The topological polar surface area (TPSA) is 21.3 Å². The van der Waals surface area contributed by atoms with Crippen LogP contribution in [0.1, 0.15) is 44.9 Å². The molecule has 1 rings (SSSR count). The van der Waals surface area contributed by atoms with E-state index in [0.717, 1.165) is 17.7 Å². The molecule has 102 valence electrons. The first kappa shape index (κ1) is 15.1. The maximum absolute atomic E-state index is 13.1. The van der Waals surface area contributed by atoms with E-state index in [-0.39, 0.29) is 17.5 Å². The number of aryl methyl sites for hydroxylation is 1. The van der Waals surface area contributed by atoms with E-state index in [9.17, 15) is 4.39 Å². The lowest BCUT2D eigenvalue weighted by molar-refractivity contribution is -0.0147. The molecule has 1 aromatic carbocycles. The lowest BCUT2D eigenvalue weighted by atomic mass is 10.0. The van der Waals surface area contributed by atoms with E-state index in [1.807, 2.05) is 33.8 Å². The number of rotatable bonds is 5. The summed E-state index contributed by atoms with van der Waals surface area (Å²) in [5, 5.41) is 3.38. The van der Waals surface area contributed by atoms with Gasteiger partial charge in [0.25, 0.3) is 0 Å². The van der Waals surface area contributed by atoms with Crippen molar-refractivity contribution in [1.29, 1.82) is 0 Å². The van der Waals surface area contributed by atoms with Gasteiger partial charge in [-0.1, -0.05) is 13.0 Å². The first-order valence-electron chi connectivity index (χ1n) is 6.47. The summed E-state index contributed by atoms with van der Waals surface area (Å²) in [5.74, 6) is -0.191. The average Bonchev–Trinajstić information content (AvgIpc) is 2.24. The highest BCUT2D eigenvalue weighted by atomic mass is 19.1. The number of nitrogens with one attached hydrogen (secondary N) is 1. The number of benzene rings is 1. The second-order valence-corrected chi connectivity index (χ2v) is 5.53. The Balaban J connectivity index is 2.83. The van der Waals surface area contributed by atoms with E-state index in [0.29, 0.717) is 6.61 Å². The van der Waals surface area contributed by atoms with Gasteiger partial charge in [0.05, 0.1) is 18.2 Å². The molecule has 0 aliphatic heterocycles. The SMILES string of the molecule is CCNC(COC(C)(C)C)c1ccc(F)cc1C. The molecule has 0 amide bonds. The Hall–Kier alpha value is -0.930. The third kappa shape index (κ3) is 4.75. The van der Waals surface area contributed by atoms with Crippen molar-refractivity contribution in [3.05, 3.63) is 35.1 Å². The van der Waals surface area contributed by atoms with Crippen LogP contribution in [0, 0.1) is 12.7 Å². The first-order chi connectivity index (χ1) is 8.33. The van der Waals surface area contributed by atoms with Gasteiger partial charge in [-0.05, 0) is 57.5 Å². The Labute approximate surface area is 110 Å². The smallest absolute Gasteiger partial charge is 0.123 e. The molecule has 0 radical (unpaired) electrons. The second kappa shape index (κ2) is 6.30. The van der Waals surface area contributed by atoms with Crippen molar-refractivity contribution < 1.29 is 9.13 Å². The Kier molecular flexibility index (Phi) is 5.29. The summed E-state index contributed by atoms with van der Waals surface area (Å²) >= 11 is 0. The third-order valence-corrected chi connectivity index (χ3v) is 2.74. The Morgan fingerprint density at radius 3 is 2.50 bits per heavy atom. The van der Waals surface area contributed by atoms with Crippen LogP contribution < -0.4 is 5.32 Å². The Bertz CT molecular complexity index is 385. The van der Waals surface area contributed by atoms with Gasteiger partial charge in [0, 0.05) is 0 Å². The minimum atomic E-state index is -0.191. The predicted octanol–water partition coefficient (Wildman–Crippen LogP) is 3.60. The van der Waals surface area contributed by atoms with Crippen LogP contribution >= 0.6 is 0 Å². The highest BCUT2D eigenvalue weighted by molar-refractivity contribution is 5.29. The highest BCUT2D eigenvalue weighted by Crippen LogP contribution is 2.21. The van der Waals surface area contributed by atoms with Crippen LogP contribution in [-0.2, 0) is 4.74 Å². The van der Waals surface area contributed by atoms with Gasteiger partial charge in [-0.25, -0.2) is 4.39 Å². The van der Waals surface area contributed by atoms with Crippen molar-refractivity contribution in [3.63, 3.8) is 0 Å². The van der Waals surface area contributed by atoms with Gasteiger partial charge in [-0.15, -0.1) is 0 Å². The van der Waals surface area contributed by atoms with E-state index >= 15 is 0 Å². The molecule has 0 heterocycles. The number of hydrogen-bond acceptors (Lipinski definition) is 2. The lowest BCUT2D eigenvalue weighted by Crippen LogP contribution is -2.30. The molecule has 1 N–H and O–H groups in total. The highest BCUT2D eigenvalue weighted by Gasteiger charge is 2.17. The quantitative estimate of drug-likeness (QED) is 0.865. The van der Waals surface area contributed by atoms with Crippen LogP contribution in [0.3, 0.4) is 0 Å². The summed E-state index contributed by atoms with van der Waals surface area (Å²) in [5.41, 5.74) is 1.89. The molecule has 0 saturated carbocycles. The van der Waals surface area contributed by atoms with Crippen molar-refractivity contribution in [2.24, 2.45) is 0 Å². The van der Waals surface area contributed by atoms with E-state index in [4.69, 9.17) is 4.74 Å². The van der Waals surface area contributed by atoms with Crippen LogP contribution in [0.15, 0.2) is 18.2 Å². The number of ether oxygens (including phenoxy) is 1. The zero-order valence-electron chi connectivity index (χ0n) is 12.0. The van der Waals surface area contributed by atoms with Crippen molar-refractivity contribution >= 4 is 0 Å². The maximum Gasteiger partial charge on any atom is 0.123 e. The van der Waals surface area contributed by atoms with Gasteiger partial charge in [-0.3, -0.25) is 0 Å². The molecular formula is C15H24FNO. The molecule has 1 aromatic rings. The molecule has 0 saturated heterocycles. The summed E-state index contributed by atoms with van der Waals surface area (Å²) in [6.07, 6.45) is 0. The molecule has 0 spiro atoms. The van der Waals surface area contributed by atoms with Gasteiger partial charge in [0.1, 0.15) is 5.82 Å². The summed E-state index contributed by atoms with van der Waals surface area (Å²) in [6, 6.07) is 5.01. The van der Waals surface area contributed by atoms with Gasteiger partial charge in [0.2, 0.25) is 0 Å². The fourth-order valence-electron chi connectivity index (χ4n) is 1.87. The molecular weight excluding hydrogens is 229 g/mol. The van der Waals surface area contributed by atoms with Crippen LogP contribution in [-0.4, -0.2) is 18.8 Å². The second-order valence-electron chi connectivity index (χ2n) is 5.53. The minimum Gasteiger partial charge on any atom is -0.374 e. The maximum atomic E-state index is 13.1. The third-order valence-electron chi connectivity index (χ3n) is 2.74. The normalized spacial score (nSPS) is 13.7. The molecule has 0 aliphatic carbocycles. The number of hydrogen-bond donors (Lipinski definition) is 1. The molecule has 1 atom stereocenters. The predicted molar refractivity (Wildman–Crippen MR) is 73.3 cm³/mol. The van der Waals surface area contributed by atoms with Crippen LogP contribution in [0.25, 0.3) is 0 Å². The van der Waals surface area contributed by atoms with E-state index < -0.39 is 0 Å². The van der Waals surface area contributed by atoms with Crippen molar-refractivity contribution in [2.45, 2.75) is 46.3 Å². The molecule has 0 aliphatic rings. The fraction of sp³-hybridized carbons (Fsp3) is 0.600. The van der Waals surface area contributed by atoms with E-state index in [1.54, 1.807) is 6.07 Å². The van der Waals surface area contributed by atoms with Gasteiger partial charge >= 0.3 is 0 Å². The summed E-state index contributed by atoms with van der Waals surface area (Å²) < 4.78 is 18.9. The van der Waals surface area contributed by atoms with Gasteiger partial charge < -0.3 is 10.1 Å². The monoisotopic (exact) mass is 253 g/mol. The standard InChI is InChI=1S/C15H24FNO/c1-6-17-14(10-18-15(3,4)5)13-8-7-12(16)9-11(13)2/h7-9,14,17H,6,10H2,1-5H3. The largest absolute Gasteiger partial charge is 0.374 e. The summed E-state index contributed by atoms with van der Waals surface area (Å²) in [6.45, 7) is 11.5. The minimum absolute atomic E-state index is 0.106. The molecule has 0 fully saturated rings. The van der Waals surface area contributed by atoms with Crippen molar-refractivity contribution in [2.75, 3.05) is 13.2 Å². The average molecular weight is 253 g/mol. The Morgan fingerprint density at radius 1 is 1.33 bits per heavy atom. The number of likely N-dealkylation sites (N-methyl/N-ethyl adjacent to an activating group) is 1. The zero-order valence-corrected chi connectivity index (χ0v) is 12.0. The van der Waals surface area contributed by atoms with E-state index in [1.165, 1.54) is 6.07 Å². The van der Waals surface area contributed by atoms with Crippen molar-refractivity contribution in [1.82, 2.24) is 5.32 Å². The molecule has 2 nitrogen and oxygen atoms in total. The molecule has 0 aromatic heterocycles. The van der Waals surface area contributed by atoms with E-state index in [2.05, 4.69) is 12.2 Å². The van der Waals surface area contributed by atoms with Gasteiger partial charge in [0.15, 0.2) is 0 Å². The van der Waals surface area contributed by atoms with Crippen LogP contribution in [0.2, 0.25) is 0 Å².